The summed E-state index contributed by atoms with van der Waals surface area (Å²) in [4.78, 5) is 48.1. The monoisotopic (exact) mass is 574 g/mol. The molecule has 220 valence electrons. The average Bonchev–Trinajstić information content (AvgIpc) is 3.55. The van der Waals surface area contributed by atoms with E-state index < -0.39 is 71.8 Å². The second kappa shape index (κ2) is 11.6. The topological polar surface area (TPSA) is 140 Å². The third kappa shape index (κ3) is 6.09. The molecule has 5 atom stereocenters. The van der Waals surface area contributed by atoms with Crippen molar-refractivity contribution in [3.63, 3.8) is 0 Å². The van der Waals surface area contributed by atoms with Crippen molar-refractivity contribution in [2.45, 2.75) is 75.8 Å². The van der Waals surface area contributed by atoms with Crippen LogP contribution in [0.25, 0.3) is 11.0 Å². The molecular weight excluding hydrogens is 542 g/mol. The second-order valence-electron chi connectivity index (χ2n) is 10.8. The lowest BCUT2D eigenvalue weighted by molar-refractivity contribution is -0.149. The number of alkyl carbamates (subject to hydrolysis) is 1. The molecule has 2 aromatic rings. The number of nitrogens with one attached hydrogen (secondary N) is 1. The summed E-state index contributed by atoms with van der Waals surface area (Å²) in [7, 11) is 0. The van der Waals surface area contributed by atoms with Crippen LogP contribution in [-0.2, 0) is 25.0 Å². The van der Waals surface area contributed by atoms with Gasteiger partial charge in [-0.2, -0.15) is 8.78 Å². The summed E-state index contributed by atoms with van der Waals surface area (Å²) in [5, 5.41) is 12.5. The first-order chi connectivity index (χ1) is 19.5. The zero-order chi connectivity index (χ0) is 29.3. The van der Waals surface area contributed by atoms with Crippen LogP contribution < -0.4 is 10.1 Å². The zero-order valence-corrected chi connectivity index (χ0v) is 22.7. The third-order valence-electron chi connectivity index (χ3n) is 7.55. The van der Waals surface area contributed by atoms with Crippen LogP contribution in [0.5, 0.6) is 5.88 Å². The molecular formula is C28H32F2N4O7. The van der Waals surface area contributed by atoms with Gasteiger partial charge in [-0.1, -0.05) is 32.1 Å². The molecule has 5 rings (SSSR count). The summed E-state index contributed by atoms with van der Waals surface area (Å²) in [6.45, 7) is 3.04. The van der Waals surface area contributed by atoms with Crippen LogP contribution in [-0.4, -0.2) is 81.5 Å². The van der Waals surface area contributed by atoms with Gasteiger partial charge in [0.1, 0.15) is 24.3 Å². The Bertz CT molecular complexity index is 1350. The number of carbonyl (C=O) groups excluding carboxylic acids is 2. The quantitative estimate of drug-likeness (QED) is 0.517. The van der Waals surface area contributed by atoms with Crippen molar-refractivity contribution in [2.24, 2.45) is 5.92 Å². The van der Waals surface area contributed by atoms with E-state index in [-0.39, 0.29) is 25.1 Å². The van der Waals surface area contributed by atoms with Crippen molar-refractivity contribution in [2.75, 3.05) is 13.2 Å². The minimum atomic E-state index is -3.62. The van der Waals surface area contributed by atoms with E-state index in [9.17, 15) is 19.5 Å². The maximum absolute atomic E-state index is 15.6. The summed E-state index contributed by atoms with van der Waals surface area (Å²) in [5.74, 6) is -6.41. The molecule has 2 bridgehead atoms. The molecule has 5 unspecified atom stereocenters. The number of alkyl halides is 2. The highest BCUT2D eigenvalue weighted by Gasteiger charge is 2.45. The normalized spacial score (nSPS) is 28.7. The van der Waals surface area contributed by atoms with Crippen molar-refractivity contribution in [3.05, 3.63) is 42.1 Å². The van der Waals surface area contributed by atoms with Crippen LogP contribution >= 0.6 is 0 Å². The second-order valence-corrected chi connectivity index (χ2v) is 10.8. The molecule has 2 fully saturated rings. The van der Waals surface area contributed by atoms with Gasteiger partial charge in [0.15, 0.2) is 5.69 Å². The zero-order valence-electron chi connectivity index (χ0n) is 22.7. The van der Waals surface area contributed by atoms with Gasteiger partial charge in [0, 0.05) is 6.42 Å². The first kappa shape index (κ1) is 28.7. The van der Waals surface area contributed by atoms with E-state index in [0.717, 1.165) is 4.90 Å². The van der Waals surface area contributed by atoms with E-state index in [1.54, 1.807) is 38.1 Å². The standard InChI is InChI=1S/C28H32F2N4O7/c1-15(2)22-25(35)34-14-16(13-19(34)26(36)37)40-24-23(31-17-7-3-4-8-18(17)32-24)28(29,30)11-6-12-39-20-9-5-10-21(20)41-27(38)33-22/h3-4,6-8,11,15-16,19-22H,5,9-10,12-14H2,1-2H3,(H,33,38)(H,36,37). The van der Waals surface area contributed by atoms with Crippen LogP contribution in [0.1, 0.15) is 45.2 Å². The van der Waals surface area contributed by atoms with Gasteiger partial charge in [0.2, 0.25) is 11.8 Å². The highest BCUT2D eigenvalue weighted by molar-refractivity contribution is 5.90. The number of carboxylic acid groups (broad SMARTS) is 1. The molecule has 1 aromatic heterocycles. The van der Waals surface area contributed by atoms with Gasteiger partial charge in [-0.3, -0.25) is 4.79 Å². The predicted octanol–water partition coefficient (Wildman–Crippen LogP) is 3.41. The van der Waals surface area contributed by atoms with Gasteiger partial charge in [-0.25, -0.2) is 19.6 Å². The number of ether oxygens (including phenoxy) is 3. The lowest BCUT2D eigenvalue weighted by Crippen LogP contribution is -2.54. The van der Waals surface area contributed by atoms with E-state index in [1.165, 1.54) is 6.08 Å². The smallest absolute Gasteiger partial charge is 0.408 e. The molecule has 13 heteroatoms. The van der Waals surface area contributed by atoms with Gasteiger partial charge in [0.25, 0.3) is 0 Å². The Kier molecular flexibility index (Phi) is 8.07. The fourth-order valence-corrected chi connectivity index (χ4v) is 5.46. The number of fused-ring (bicyclic) bond motifs is 5. The SMILES string of the molecule is CC(C)C1NC(=O)OC2CCCC2OCC=CC(F)(F)c2nc3ccccc3nc2OC2CC(C(=O)O)N(C2)C1=O. The van der Waals surface area contributed by atoms with Crippen LogP contribution in [0.4, 0.5) is 13.6 Å². The number of nitrogens with zero attached hydrogens (tertiary/aromatic N) is 3. The number of aromatic nitrogens is 2. The number of rotatable bonds is 2. The van der Waals surface area contributed by atoms with Crippen molar-refractivity contribution in [1.29, 1.82) is 0 Å². The van der Waals surface area contributed by atoms with Crippen LogP contribution in [0, 0.1) is 5.92 Å². The third-order valence-corrected chi connectivity index (χ3v) is 7.55. The number of hydrogen-bond acceptors (Lipinski definition) is 8. The number of amides is 2. The Morgan fingerprint density at radius 3 is 2.54 bits per heavy atom. The molecule has 1 saturated heterocycles. The lowest BCUT2D eigenvalue weighted by atomic mass is 10.0. The van der Waals surface area contributed by atoms with Gasteiger partial charge in [0.05, 0.1) is 30.3 Å². The number of aliphatic carboxylic acids is 1. The summed E-state index contributed by atoms with van der Waals surface area (Å²) in [5.41, 5.74) is -0.193. The number of para-hydroxylation sites is 2. The Balaban J connectivity index is 1.55. The van der Waals surface area contributed by atoms with Gasteiger partial charge in [-0.05, 0) is 43.4 Å². The van der Waals surface area contributed by atoms with E-state index in [1.807, 2.05) is 0 Å². The molecule has 2 N–H and O–H groups in total. The van der Waals surface area contributed by atoms with Crippen LogP contribution in [0.3, 0.4) is 0 Å². The molecule has 41 heavy (non-hydrogen) atoms. The molecule has 1 aliphatic carbocycles. The fourth-order valence-electron chi connectivity index (χ4n) is 5.46. The number of benzene rings is 1. The summed E-state index contributed by atoms with van der Waals surface area (Å²) in [6, 6.07) is 4.07. The van der Waals surface area contributed by atoms with Gasteiger partial charge in [-0.15, -0.1) is 0 Å². The van der Waals surface area contributed by atoms with Crippen molar-refractivity contribution in [3.8, 4) is 5.88 Å². The maximum atomic E-state index is 15.6. The number of carboxylic acids is 1. The molecule has 1 saturated carbocycles. The number of hydrogen-bond donors (Lipinski definition) is 2. The average molecular weight is 575 g/mol. The van der Waals surface area contributed by atoms with Gasteiger partial charge < -0.3 is 29.5 Å². The Hall–Kier alpha value is -3.87. The highest BCUT2D eigenvalue weighted by Crippen LogP contribution is 2.37. The first-order valence-corrected chi connectivity index (χ1v) is 13.6. The summed E-state index contributed by atoms with van der Waals surface area (Å²) >= 11 is 0. The number of allylic oxidation sites excluding steroid dienone is 1. The molecule has 2 amide bonds. The number of halogens is 2. The van der Waals surface area contributed by atoms with Crippen LogP contribution in [0.15, 0.2) is 36.4 Å². The Labute approximate surface area is 234 Å². The molecule has 3 heterocycles. The Morgan fingerprint density at radius 1 is 1.12 bits per heavy atom. The molecule has 1 aromatic carbocycles. The van der Waals surface area contributed by atoms with Crippen molar-refractivity contribution in [1.82, 2.24) is 20.2 Å². The summed E-state index contributed by atoms with van der Waals surface area (Å²) < 4.78 is 48.3. The van der Waals surface area contributed by atoms with Crippen molar-refractivity contribution < 1.29 is 42.5 Å². The predicted molar refractivity (Wildman–Crippen MR) is 140 cm³/mol. The Morgan fingerprint density at radius 2 is 1.83 bits per heavy atom. The number of carbonyl (C=O) groups is 3. The van der Waals surface area contributed by atoms with E-state index in [4.69, 9.17) is 14.2 Å². The molecule has 11 nitrogen and oxygen atoms in total. The van der Waals surface area contributed by atoms with Crippen molar-refractivity contribution >= 4 is 29.0 Å². The highest BCUT2D eigenvalue weighted by atomic mass is 19.3. The minimum Gasteiger partial charge on any atom is -0.480 e. The molecule has 3 aliphatic rings. The molecule has 0 radical (unpaired) electrons. The fraction of sp³-hybridized carbons (Fsp3) is 0.536. The summed E-state index contributed by atoms with van der Waals surface area (Å²) in [6.07, 6.45) is 0.480. The molecule has 2 aliphatic heterocycles. The largest absolute Gasteiger partial charge is 0.480 e. The minimum absolute atomic E-state index is 0.163. The molecule has 0 spiro atoms. The van der Waals surface area contributed by atoms with Crippen LogP contribution in [0.2, 0.25) is 0 Å². The first-order valence-electron chi connectivity index (χ1n) is 13.6. The maximum Gasteiger partial charge on any atom is 0.408 e. The lowest BCUT2D eigenvalue weighted by Gasteiger charge is -2.30. The van der Waals surface area contributed by atoms with Gasteiger partial charge >= 0.3 is 18.0 Å². The van der Waals surface area contributed by atoms with E-state index >= 15 is 8.78 Å². The van der Waals surface area contributed by atoms with E-state index in [0.29, 0.717) is 30.9 Å². The van der Waals surface area contributed by atoms with E-state index in [2.05, 4.69) is 15.3 Å².